The maximum atomic E-state index is 8.44. The van der Waals surface area contributed by atoms with Crippen molar-refractivity contribution in [3.63, 3.8) is 0 Å². The monoisotopic (exact) mass is 172 g/mol. The van der Waals surface area contributed by atoms with Crippen molar-refractivity contribution >= 4 is 6.16 Å². The van der Waals surface area contributed by atoms with E-state index < -0.39 is 6.16 Å². The van der Waals surface area contributed by atoms with E-state index in [9.17, 15) is 0 Å². The molecule has 0 aliphatic heterocycles. The van der Waals surface area contributed by atoms with Gasteiger partial charge in [-0.3, -0.25) is 0 Å². The summed E-state index contributed by atoms with van der Waals surface area (Å²) < 4.78 is 4.16. The molecule has 0 unspecified atom stereocenters. The van der Waals surface area contributed by atoms with Gasteiger partial charge in [-0.05, 0) is 6.92 Å². The van der Waals surface area contributed by atoms with Crippen molar-refractivity contribution in [2.45, 2.75) is 13.5 Å². The quantitative estimate of drug-likeness (QED) is 0.565. The minimum absolute atomic E-state index is 1.06. The second kappa shape index (κ2) is 5.17. The molecular formula is C7H12N2O3. The van der Waals surface area contributed by atoms with Crippen LogP contribution >= 0.6 is 0 Å². The first-order valence-corrected chi connectivity index (χ1v) is 3.47. The number of aromatic nitrogens is 2. The van der Waals surface area contributed by atoms with Gasteiger partial charge in [-0.2, -0.15) is 0 Å². The molecule has 1 aromatic rings. The zero-order valence-corrected chi connectivity index (χ0v) is 7.10. The molecule has 0 bridgehead atoms. The first kappa shape index (κ1) is 10.5. The molecule has 1 heterocycles. The van der Waals surface area contributed by atoms with Crippen molar-refractivity contribution in [3.05, 3.63) is 18.7 Å². The zero-order valence-electron chi connectivity index (χ0n) is 7.10. The van der Waals surface area contributed by atoms with Crippen LogP contribution in [0.1, 0.15) is 6.92 Å². The van der Waals surface area contributed by atoms with Crippen LogP contribution in [0.3, 0.4) is 0 Å². The van der Waals surface area contributed by atoms with Gasteiger partial charge in [0.05, 0.1) is 13.6 Å². The van der Waals surface area contributed by atoms with Crippen LogP contribution in [0.15, 0.2) is 18.7 Å². The van der Waals surface area contributed by atoms with Crippen LogP contribution in [0.4, 0.5) is 4.79 Å². The maximum absolute atomic E-state index is 8.44. The van der Waals surface area contributed by atoms with E-state index in [0.717, 1.165) is 6.54 Å². The first-order valence-electron chi connectivity index (χ1n) is 3.47. The average molecular weight is 172 g/mol. The Hall–Kier alpha value is -1.52. The smallest absolute Gasteiger partial charge is 0.249 e. The lowest BCUT2D eigenvalue weighted by Crippen LogP contribution is -2.23. The molecule has 0 fully saturated rings. The minimum atomic E-state index is -2.08. The molecule has 0 aliphatic rings. The normalized spacial score (nSPS) is 8.50. The predicted molar refractivity (Wildman–Crippen MR) is 39.3 cm³/mol. The summed E-state index contributed by atoms with van der Waals surface area (Å²) in [6.07, 6.45) is 4.06. The summed E-state index contributed by atoms with van der Waals surface area (Å²) in [6.45, 7) is 3.18. The van der Waals surface area contributed by atoms with E-state index in [0.29, 0.717) is 0 Å². The van der Waals surface area contributed by atoms with Crippen LogP contribution < -0.4 is 9.67 Å². The van der Waals surface area contributed by atoms with Crippen molar-refractivity contribution in [1.82, 2.24) is 4.57 Å². The fourth-order valence-electron chi connectivity index (χ4n) is 0.689. The summed E-state index contributed by atoms with van der Waals surface area (Å²) in [5.74, 6) is 0. The first-order chi connectivity index (χ1) is 5.56. The molecular weight excluding hydrogens is 160 g/mol. The van der Waals surface area contributed by atoms with Crippen molar-refractivity contribution in [1.29, 1.82) is 0 Å². The van der Waals surface area contributed by atoms with E-state index in [1.165, 1.54) is 0 Å². The van der Waals surface area contributed by atoms with Gasteiger partial charge in [-0.1, -0.05) is 0 Å². The molecule has 0 atom stereocenters. The fraction of sp³-hybridized carbons (Fsp3) is 0.429. The summed E-state index contributed by atoms with van der Waals surface area (Å²) in [5, 5.41) is 15.3. The number of carboxylic acid groups (broad SMARTS) is 2. The molecule has 12 heavy (non-hydrogen) atoms. The van der Waals surface area contributed by atoms with Crippen LogP contribution in [0, 0.1) is 0 Å². The number of nitrogens with zero attached hydrogens (tertiary/aromatic N) is 2. The standard InChI is InChI=1S/C6H11N2.CH2O3/c1-3-8-5-4-7(2)6-8;2-1(3)4/h4-6H,3H2,1-2H3;(H2,2,3,4)/q+1;/p-1. The third-order valence-corrected chi connectivity index (χ3v) is 1.19. The Morgan fingerprint density at radius 2 is 2.25 bits per heavy atom. The molecule has 1 N–H and O–H groups in total. The van der Waals surface area contributed by atoms with Crippen LogP contribution in [-0.4, -0.2) is 15.8 Å². The molecule has 5 heteroatoms. The second-order valence-electron chi connectivity index (χ2n) is 2.18. The zero-order chi connectivity index (χ0) is 9.56. The Bertz CT molecular complexity index is 241. The Morgan fingerprint density at radius 3 is 2.42 bits per heavy atom. The molecule has 0 saturated carbocycles. The molecule has 5 nitrogen and oxygen atoms in total. The van der Waals surface area contributed by atoms with Crippen LogP contribution in [-0.2, 0) is 13.6 Å². The number of imidazole rings is 1. The second-order valence-corrected chi connectivity index (χ2v) is 2.18. The molecule has 0 aliphatic carbocycles. The van der Waals surface area contributed by atoms with Crippen molar-refractivity contribution in [2.24, 2.45) is 7.05 Å². The van der Waals surface area contributed by atoms with Crippen molar-refractivity contribution < 1.29 is 19.6 Å². The van der Waals surface area contributed by atoms with Crippen LogP contribution in [0.25, 0.3) is 0 Å². The predicted octanol–water partition coefficient (Wildman–Crippen LogP) is -0.780. The van der Waals surface area contributed by atoms with Gasteiger partial charge in [-0.25, -0.2) is 9.13 Å². The molecule has 0 saturated heterocycles. The van der Waals surface area contributed by atoms with E-state index >= 15 is 0 Å². The lowest BCUT2D eigenvalue weighted by atomic mass is 10.7. The average Bonchev–Trinajstić information content (AvgIpc) is 2.34. The molecule has 1 rings (SSSR count). The van der Waals surface area contributed by atoms with Gasteiger partial charge in [-0.15, -0.1) is 0 Å². The molecule has 0 spiro atoms. The Labute approximate surface area is 70.5 Å². The van der Waals surface area contributed by atoms with E-state index in [4.69, 9.17) is 15.0 Å². The Kier molecular flexibility index (Phi) is 4.52. The number of rotatable bonds is 1. The lowest BCUT2D eigenvalue weighted by molar-refractivity contribution is -0.671. The summed E-state index contributed by atoms with van der Waals surface area (Å²) >= 11 is 0. The summed E-state index contributed by atoms with van der Waals surface area (Å²) in [4.78, 5) is 8.44. The fourth-order valence-corrected chi connectivity index (χ4v) is 0.689. The molecule has 0 radical (unpaired) electrons. The van der Waals surface area contributed by atoms with Gasteiger partial charge >= 0.3 is 0 Å². The highest BCUT2D eigenvalue weighted by atomic mass is 16.6. The highest BCUT2D eigenvalue weighted by Crippen LogP contribution is 1.79. The maximum Gasteiger partial charge on any atom is 0.249 e. The molecule has 68 valence electrons. The highest BCUT2D eigenvalue weighted by molar-refractivity contribution is 5.50. The minimum Gasteiger partial charge on any atom is -0.565 e. The highest BCUT2D eigenvalue weighted by Gasteiger charge is 1.92. The van der Waals surface area contributed by atoms with Gasteiger partial charge in [0, 0.05) is 0 Å². The largest absolute Gasteiger partial charge is 0.565 e. The van der Waals surface area contributed by atoms with E-state index in [2.05, 4.69) is 24.0 Å². The van der Waals surface area contributed by atoms with Crippen LogP contribution in [0.2, 0.25) is 0 Å². The third kappa shape index (κ3) is 5.28. The van der Waals surface area contributed by atoms with Crippen LogP contribution in [0.5, 0.6) is 0 Å². The van der Waals surface area contributed by atoms with Gasteiger partial charge < -0.3 is 15.0 Å². The Morgan fingerprint density at radius 1 is 1.75 bits per heavy atom. The van der Waals surface area contributed by atoms with E-state index in [1.807, 2.05) is 17.8 Å². The SMILES string of the molecule is CCn1cc[n+](C)c1.O=C([O-])O. The van der Waals surface area contributed by atoms with Crippen molar-refractivity contribution in [2.75, 3.05) is 0 Å². The lowest BCUT2D eigenvalue weighted by Gasteiger charge is -1.81. The van der Waals surface area contributed by atoms with E-state index in [-0.39, 0.29) is 0 Å². The number of aryl methyl sites for hydroxylation is 2. The molecule has 0 amide bonds. The number of hydrogen-bond acceptors (Lipinski definition) is 2. The van der Waals surface area contributed by atoms with Gasteiger partial charge in [0.15, 0.2) is 0 Å². The van der Waals surface area contributed by atoms with E-state index in [1.54, 1.807) is 0 Å². The summed E-state index contributed by atoms with van der Waals surface area (Å²) in [5.41, 5.74) is 0. The molecule has 1 aromatic heterocycles. The van der Waals surface area contributed by atoms with Crippen molar-refractivity contribution in [3.8, 4) is 0 Å². The summed E-state index contributed by atoms with van der Waals surface area (Å²) in [7, 11) is 2.02. The summed E-state index contributed by atoms with van der Waals surface area (Å²) in [6, 6.07) is 0. The topological polar surface area (TPSA) is 69.2 Å². The molecule has 0 aromatic carbocycles. The number of hydrogen-bond donors (Lipinski definition) is 1. The van der Waals surface area contributed by atoms with Gasteiger partial charge in [0.2, 0.25) is 12.5 Å². The number of carbonyl (C=O) groups is 1. The third-order valence-electron chi connectivity index (χ3n) is 1.19. The van der Waals surface area contributed by atoms with Gasteiger partial charge in [0.25, 0.3) is 0 Å². The Balaban J connectivity index is 0.000000261. The van der Waals surface area contributed by atoms with Gasteiger partial charge in [0.1, 0.15) is 12.4 Å².